The summed E-state index contributed by atoms with van der Waals surface area (Å²) in [6, 6.07) is 7.43. The van der Waals surface area contributed by atoms with Crippen LogP contribution in [0.1, 0.15) is 38.2 Å². The van der Waals surface area contributed by atoms with E-state index < -0.39 is 20.5 Å². The maximum atomic E-state index is 12.0. The zero-order valence-corrected chi connectivity index (χ0v) is 16.8. The molecule has 2 rings (SSSR count). The van der Waals surface area contributed by atoms with Gasteiger partial charge in [0.25, 0.3) is 5.91 Å². The number of ether oxygens (including phenoxy) is 2. The molecule has 1 amide bonds. The minimum absolute atomic E-state index is 0.0716. The Hall–Kier alpha value is -1.64. The van der Waals surface area contributed by atoms with E-state index in [-0.39, 0.29) is 6.42 Å². The van der Waals surface area contributed by atoms with Crippen molar-refractivity contribution in [3.05, 3.63) is 29.8 Å². The van der Waals surface area contributed by atoms with Crippen LogP contribution in [0.5, 0.6) is 5.75 Å². The molecule has 1 aliphatic rings. The van der Waals surface area contributed by atoms with Crippen LogP contribution < -0.4 is 10.2 Å². The zero-order valence-electron chi connectivity index (χ0n) is 15.9. The molecule has 1 atom stereocenters. The molecule has 0 bridgehead atoms. The molecular formula is C19H29NO6S. The van der Waals surface area contributed by atoms with Gasteiger partial charge < -0.3 is 9.47 Å². The SMILES string of the molecule is CC(CCc1ccc(OCCC2CCOCC2)cc1)(C(=O)NO)S(C)(=O)=O. The summed E-state index contributed by atoms with van der Waals surface area (Å²) in [4.78, 5) is 11.8. The van der Waals surface area contributed by atoms with E-state index >= 15 is 0 Å². The minimum Gasteiger partial charge on any atom is -0.494 e. The maximum Gasteiger partial charge on any atom is 0.264 e. The van der Waals surface area contributed by atoms with Crippen LogP contribution in [0.15, 0.2) is 24.3 Å². The highest BCUT2D eigenvalue weighted by molar-refractivity contribution is 7.92. The lowest BCUT2D eigenvalue weighted by molar-refractivity contribution is -0.131. The van der Waals surface area contributed by atoms with Crippen LogP contribution in [0.3, 0.4) is 0 Å². The van der Waals surface area contributed by atoms with Crippen molar-refractivity contribution in [1.82, 2.24) is 5.48 Å². The number of hydrogen-bond donors (Lipinski definition) is 2. The van der Waals surface area contributed by atoms with Gasteiger partial charge in [0.05, 0.1) is 6.61 Å². The van der Waals surface area contributed by atoms with Crippen molar-refractivity contribution in [2.45, 2.75) is 43.8 Å². The van der Waals surface area contributed by atoms with Crippen molar-refractivity contribution in [2.24, 2.45) is 5.92 Å². The standard InChI is InChI=1S/C19H29NO6S/c1-19(18(21)20-22,27(2,23)24)11-7-15-3-5-17(6-4-15)26-14-10-16-8-12-25-13-9-16/h3-6,16,22H,7-14H2,1-2H3,(H,20,21). The van der Waals surface area contributed by atoms with E-state index in [4.69, 9.17) is 14.7 Å². The van der Waals surface area contributed by atoms with Crippen molar-refractivity contribution in [2.75, 3.05) is 26.1 Å². The highest BCUT2D eigenvalue weighted by Crippen LogP contribution is 2.25. The molecule has 1 saturated heterocycles. The first-order valence-electron chi connectivity index (χ1n) is 9.20. The second-order valence-corrected chi connectivity index (χ2v) is 9.73. The molecule has 27 heavy (non-hydrogen) atoms. The summed E-state index contributed by atoms with van der Waals surface area (Å²) in [5.74, 6) is 0.507. The number of aryl methyl sites for hydroxylation is 1. The van der Waals surface area contributed by atoms with Crippen molar-refractivity contribution < 1.29 is 27.9 Å². The fourth-order valence-corrected chi connectivity index (χ4v) is 3.95. The number of rotatable bonds is 9. The van der Waals surface area contributed by atoms with Crippen LogP contribution in [-0.4, -0.2) is 50.4 Å². The average molecular weight is 400 g/mol. The zero-order chi connectivity index (χ0) is 19.9. The number of hydrogen-bond acceptors (Lipinski definition) is 6. The highest BCUT2D eigenvalue weighted by atomic mass is 32.2. The Labute approximate surface area is 160 Å². The molecule has 0 aromatic heterocycles. The molecule has 0 saturated carbocycles. The molecule has 1 fully saturated rings. The quantitative estimate of drug-likeness (QED) is 0.487. The molecule has 152 valence electrons. The number of benzene rings is 1. The highest BCUT2D eigenvalue weighted by Gasteiger charge is 2.43. The van der Waals surface area contributed by atoms with E-state index in [0.29, 0.717) is 18.9 Å². The first kappa shape index (κ1) is 21.7. The van der Waals surface area contributed by atoms with E-state index in [1.807, 2.05) is 24.3 Å². The third-order valence-corrected chi connectivity index (χ3v) is 7.38. The van der Waals surface area contributed by atoms with Crippen LogP contribution in [0.4, 0.5) is 0 Å². The van der Waals surface area contributed by atoms with Gasteiger partial charge in [-0.05, 0) is 62.6 Å². The molecule has 0 radical (unpaired) electrons. The van der Waals surface area contributed by atoms with E-state index in [9.17, 15) is 13.2 Å². The Morgan fingerprint density at radius 2 is 1.93 bits per heavy atom. The predicted octanol–water partition coefficient (Wildman–Crippen LogP) is 2.12. The van der Waals surface area contributed by atoms with Gasteiger partial charge in [0.15, 0.2) is 9.84 Å². The van der Waals surface area contributed by atoms with E-state index in [1.54, 1.807) is 0 Å². The number of hydroxylamine groups is 1. The van der Waals surface area contributed by atoms with E-state index in [0.717, 1.165) is 50.0 Å². The Morgan fingerprint density at radius 3 is 2.48 bits per heavy atom. The molecule has 7 nitrogen and oxygen atoms in total. The number of amides is 1. The second-order valence-electron chi connectivity index (χ2n) is 7.28. The first-order chi connectivity index (χ1) is 12.8. The molecule has 0 spiro atoms. The molecule has 1 aromatic rings. The van der Waals surface area contributed by atoms with Crippen LogP contribution in [0.2, 0.25) is 0 Å². The summed E-state index contributed by atoms with van der Waals surface area (Å²) in [6.45, 7) is 3.65. The van der Waals surface area contributed by atoms with Crippen LogP contribution in [-0.2, 0) is 25.8 Å². The summed E-state index contributed by atoms with van der Waals surface area (Å²) in [5, 5.41) is 8.86. The Kier molecular flexibility index (Phi) is 7.64. The van der Waals surface area contributed by atoms with Crippen LogP contribution in [0.25, 0.3) is 0 Å². The van der Waals surface area contributed by atoms with Gasteiger partial charge in [-0.25, -0.2) is 13.9 Å². The fourth-order valence-electron chi connectivity index (χ4n) is 3.10. The monoisotopic (exact) mass is 399 g/mol. The first-order valence-corrected chi connectivity index (χ1v) is 11.1. The normalized spacial score (nSPS) is 17.9. The van der Waals surface area contributed by atoms with Crippen molar-refractivity contribution >= 4 is 15.7 Å². The third-order valence-electron chi connectivity index (χ3n) is 5.35. The van der Waals surface area contributed by atoms with Gasteiger partial charge in [-0.1, -0.05) is 12.1 Å². The molecule has 1 aliphatic heterocycles. The van der Waals surface area contributed by atoms with Gasteiger partial charge in [0, 0.05) is 19.5 Å². The molecule has 1 aromatic carbocycles. The fraction of sp³-hybridized carbons (Fsp3) is 0.632. The topological polar surface area (TPSA) is 102 Å². The average Bonchev–Trinajstić information content (AvgIpc) is 2.66. The molecule has 0 aliphatic carbocycles. The predicted molar refractivity (Wildman–Crippen MR) is 102 cm³/mol. The Morgan fingerprint density at radius 1 is 1.30 bits per heavy atom. The number of nitrogens with one attached hydrogen (secondary N) is 1. The van der Waals surface area contributed by atoms with Gasteiger partial charge in [0.1, 0.15) is 10.5 Å². The maximum absolute atomic E-state index is 12.0. The molecule has 1 heterocycles. The Balaban J connectivity index is 1.86. The molecular weight excluding hydrogens is 370 g/mol. The molecule has 1 unspecified atom stereocenters. The summed E-state index contributed by atoms with van der Waals surface area (Å²) >= 11 is 0. The van der Waals surface area contributed by atoms with Gasteiger partial charge in [0.2, 0.25) is 0 Å². The van der Waals surface area contributed by atoms with Crippen molar-refractivity contribution in [3.8, 4) is 5.75 Å². The van der Waals surface area contributed by atoms with Crippen molar-refractivity contribution in [3.63, 3.8) is 0 Å². The van der Waals surface area contributed by atoms with Crippen molar-refractivity contribution in [1.29, 1.82) is 0 Å². The van der Waals surface area contributed by atoms with Crippen LogP contribution >= 0.6 is 0 Å². The lowest BCUT2D eigenvalue weighted by atomic mass is 9.97. The molecule has 8 heteroatoms. The Bertz CT molecular complexity index is 712. The lowest BCUT2D eigenvalue weighted by Gasteiger charge is -2.25. The van der Waals surface area contributed by atoms with Gasteiger partial charge >= 0.3 is 0 Å². The number of carbonyl (C=O) groups excluding carboxylic acids is 1. The summed E-state index contributed by atoms with van der Waals surface area (Å²) in [5.41, 5.74) is 2.36. The summed E-state index contributed by atoms with van der Waals surface area (Å²) < 4.78 is 33.4. The summed E-state index contributed by atoms with van der Waals surface area (Å²) in [6.07, 6.45) is 4.64. The van der Waals surface area contributed by atoms with E-state index in [2.05, 4.69) is 0 Å². The van der Waals surface area contributed by atoms with Crippen LogP contribution in [0, 0.1) is 5.92 Å². The molecule has 2 N–H and O–H groups in total. The minimum atomic E-state index is -3.68. The number of carbonyl (C=O) groups is 1. The van der Waals surface area contributed by atoms with Gasteiger partial charge in [-0.3, -0.25) is 10.0 Å². The largest absolute Gasteiger partial charge is 0.494 e. The third kappa shape index (κ3) is 5.92. The van der Waals surface area contributed by atoms with Gasteiger partial charge in [-0.15, -0.1) is 0 Å². The second kappa shape index (κ2) is 9.52. The summed E-state index contributed by atoms with van der Waals surface area (Å²) in [7, 11) is -3.68. The van der Waals surface area contributed by atoms with Gasteiger partial charge in [-0.2, -0.15) is 0 Å². The van der Waals surface area contributed by atoms with E-state index in [1.165, 1.54) is 12.4 Å². The lowest BCUT2D eigenvalue weighted by Crippen LogP contribution is -2.49. The smallest absolute Gasteiger partial charge is 0.264 e. The number of sulfone groups is 1.